The molecule has 100 valence electrons. The number of amides is 1. The summed E-state index contributed by atoms with van der Waals surface area (Å²) >= 11 is 0. The maximum atomic E-state index is 12.1. The molecule has 3 unspecified atom stereocenters. The first-order valence-electron chi connectivity index (χ1n) is 5.88. The van der Waals surface area contributed by atoms with Crippen molar-refractivity contribution in [3.05, 3.63) is 0 Å². The van der Waals surface area contributed by atoms with Gasteiger partial charge in [-0.2, -0.15) is 0 Å². The van der Waals surface area contributed by atoms with Gasteiger partial charge in [0.2, 0.25) is 5.91 Å². The average molecular weight is 255 g/mol. The summed E-state index contributed by atoms with van der Waals surface area (Å²) in [5.74, 6) is -2.80. The molecule has 1 amide bonds. The van der Waals surface area contributed by atoms with E-state index in [1.54, 1.807) is 20.8 Å². The number of carbonyl (C=O) groups excluding carboxylic acids is 1. The van der Waals surface area contributed by atoms with Gasteiger partial charge >= 0.3 is 11.9 Å². The van der Waals surface area contributed by atoms with Gasteiger partial charge in [0, 0.05) is 0 Å². The lowest BCUT2D eigenvalue weighted by Crippen LogP contribution is -2.69. The van der Waals surface area contributed by atoms with Crippen LogP contribution < -0.4 is 5.32 Å². The van der Waals surface area contributed by atoms with E-state index in [9.17, 15) is 24.6 Å². The molecule has 0 aromatic rings. The number of hydrogen-bond donors (Lipinski definition) is 3. The molecule has 3 atom stereocenters. The fraction of sp³-hybridized carbons (Fsp3) is 0.750. The monoisotopic (exact) mass is 255 g/mol. The number of carbonyl (C=O) groups is 3. The lowest BCUT2D eigenvalue weighted by Gasteiger charge is -2.52. The fourth-order valence-corrected chi connectivity index (χ4v) is 3.65. The summed E-state index contributed by atoms with van der Waals surface area (Å²) in [4.78, 5) is 35.1. The zero-order valence-electron chi connectivity index (χ0n) is 10.6. The van der Waals surface area contributed by atoms with Gasteiger partial charge in [-0.05, 0) is 18.3 Å². The number of hydrogen-bond acceptors (Lipinski definition) is 3. The highest BCUT2D eigenvalue weighted by atomic mass is 16.4. The molecule has 6 nitrogen and oxygen atoms in total. The number of piperidine rings is 1. The summed E-state index contributed by atoms with van der Waals surface area (Å²) in [6.45, 7) is 5.08. The number of fused-ring (bicyclic) bond motifs is 2. The smallest absolute Gasteiger partial charge is 0.327 e. The Morgan fingerprint density at radius 2 is 1.78 bits per heavy atom. The van der Waals surface area contributed by atoms with Crippen LogP contribution in [0.2, 0.25) is 0 Å². The summed E-state index contributed by atoms with van der Waals surface area (Å²) in [6.07, 6.45) is 0.587. The molecule has 18 heavy (non-hydrogen) atoms. The predicted octanol–water partition coefficient (Wildman–Crippen LogP) is 0.467. The van der Waals surface area contributed by atoms with Crippen LogP contribution in [0.4, 0.5) is 0 Å². The quantitative estimate of drug-likeness (QED) is 0.665. The molecule has 1 aliphatic carbocycles. The Balaban J connectivity index is 2.68. The van der Waals surface area contributed by atoms with E-state index in [0.717, 1.165) is 0 Å². The highest BCUT2D eigenvalue weighted by Crippen LogP contribution is 2.66. The zero-order chi connectivity index (χ0) is 13.9. The van der Waals surface area contributed by atoms with Gasteiger partial charge in [0.05, 0.1) is 5.41 Å². The van der Waals surface area contributed by atoms with Gasteiger partial charge in [-0.25, -0.2) is 4.79 Å². The van der Waals surface area contributed by atoms with E-state index >= 15 is 0 Å². The Bertz CT molecular complexity index is 457. The minimum absolute atomic E-state index is 0.196. The van der Waals surface area contributed by atoms with Gasteiger partial charge in [-0.3, -0.25) is 9.59 Å². The summed E-state index contributed by atoms with van der Waals surface area (Å²) in [5.41, 5.74) is -3.18. The molecule has 0 radical (unpaired) electrons. The fourth-order valence-electron chi connectivity index (χ4n) is 3.65. The van der Waals surface area contributed by atoms with Gasteiger partial charge < -0.3 is 15.5 Å². The third-order valence-corrected chi connectivity index (χ3v) is 5.41. The Labute approximate surface area is 104 Å². The Hall–Kier alpha value is -1.59. The molecule has 3 N–H and O–H groups in total. The van der Waals surface area contributed by atoms with Crippen molar-refractivity contribution < 1.29 is 24.6 Å². The first-order chi connectivity index (χ1) is 8.11. The second-order valence-corrected chi connectivity index (χ2v) is 5.98. The maximum Gasteiger partial charge on any atom is 0.327 e. The molecule has 0 aromatic carbocycles. The molecule has 2 fully saturated rings. The van der Waals surface area contributed by atoms with Crippen LogP contribution in [-0.2, 0) is 14.4 Å². The standard InChI is InChI=1S/C12H17NO5/c1-10(2)11(3)4-5-12(10,9(17)18)6(7(14)15)13-8(11)16/h6H,4-5H2,1-3H3,(H,13,16)(H,14,15)(H,17,18). The van der Waals surface area contributed by atoms with Crippen LogP contribution in [-0.4, -0.2) is 34.1 Å². The van der Waals surface area contributed by atoms with Crippen LogP contribution in [0.3, 0.4) is 0 Å². The summed E-state index contributed by atoms with van der Waals surface area (Å²) in [7, 11) is 0. The molecule has 1 heterocycles. The second kappa shape index (κ2) is 3.24. The van der Waals surface area contributed by atoms with Crippen LogP contribution in [0.15, 0.2) is 0 Å². The second-order valence-electron chi connectivity index (χ2n) is 5.98. The molecular weight excluding hydrogens is 238 g/mol. The summed E-state index contributed by atoms with van der Waals surface area (Å²) in [5, 5.41) is 21.2. The van der Waals surface area contributed by atoms with Crippen molar-refractivity contribution in [3.8, 4) is 0 Å². The van der Waals surface area contributed by atoms with Crippen molar-refractivity contribution in [2.75, 3.05) is 0 Å². The van der Waals surface area contributed by atoms with Crippen LogP contribution in [0.1, 0.15) is 33.6 Å². The largest absolute Gasteiger partial charge is 0.481 e. The highest BCUT2D eigenvalue weighted by Gasteiger charge is 2.74. The maximum absolute atomic E-state index is 12.1. The van der Waals surface area contributed by atoms with Crippen molar-refractivity contribution in [3.63, 3.8) is 0 Å². The molecule has 1 aliphatic heterocycles. The Kier molecular flexibility index (Phi) is 2.32. The number of nitrogens with one attached hydrogen (secondary N) is 1. The van der Waals surface area contributed by atoms with Gasteiger partial charge in [0.15, 0.2) is 0 Å². The third-order valence-electron chi connectivity index (χ3n) is 5.41. The van der Waals surface area contributed by atoms with E-state index in [2.05, 4.69) is 5.32 Å². The molecule has 2 rings (SSSR count). The van der Waals surface area contributed by atoms with Gasteiger partial charge in [-0.1, -0.05) is 20.8 Å². The van der Waals surface area contributed by atoms with Crippen molar-refractivity contribution in [2.24, 2.45) is 16.2 Å². The van der Waals surface area contributed by atoms with Crippen LogP contribution >= 0.6 is 0 Å². The van der Waals surface area contributed by atoms with Crippen molar-refractivity contribution in [2.45, 2.75) is 39.7 Å². The molecular formula is C12H17NO5. The summed E-state index contributed by atoms with van der Waals surface area (Å²) < 4.78 is 0. The van der Waals surface area contributed by atoms with E-state index in [1.807, 2.05) is 0 Å². The molecule has 2 bridgehead atoms. The van der Waals surface area contributed by atoms with Crippen molar-refractivity contribution in [1.29, 1.82) is 0 Å². The number of rotatable bonds is 2. The first kappa shape index (κ1) is 12.9. The Morgan fingerprint density at radius 3 is 2.22 bits per heavy atom. The van der Waals surface area contributed by atoms with Crippen LogP contribution in [0, 0.1) is 16.2 Å². The van der Waals surface area contributed by atoms with Crippen molar-refractivity contribution in [1.82, 2.24) is 5.32 Å². The normalized spacial score (nSPS) is 41.3. The topological polar surface area (TPSA) is 104 Å². The van der Waals surface area contributed by atoms with Crippen LogP contribution in [0.5, 0.6) is 0 Å². The SMILES string of the molecule is CC12CCC(C(=O)O)(C(C(=O)O)NC1=O)C2(C)C. The third kappa shape index (κ3) is 1.06. The van der Waals surface area contributed by atoms with Gasteiger partial charge in [-0.15, -0.1) is 0 Å². The van der Waals surface area contributed by atoms with E-state index in [1.165, 1.54) is 0 Å². The van der Waals surface area contributed by atoms with Gasteiger partial charge in [0.25, 0.3) is 0 Å². The number of aliphatic carboxylic acids is 2. The average Bonchev–Trinajstić information content (AvgIpc) is 2.39. The van der Waals surface area contributed by atoms with Crippen molar-refractivity contribution >= 4 is 17.8 Å². The molecule has 6 heteroatoms. The minimum atomic E-state index is -1.44. The van der Waals surface area contributed by atoms with E-state index in [-0.39, 0.29) is 12.3 Å². The van der Waals surface area contributed by atoms with E-state index in [4.69, 9.17) is 0 Å². The highest BCUT2D eigenvalue weighted by molar-refractivity contribution is 5.97. The van der Waals surface area contributed by atoms with Gasteiger partial charge in [0.1, 0.15) is 11.5 Å². The summed E-state index contributed by atoms with van der Waals surface area (Å²) in [6, 6.07) is -1.37. The van der Waals surface area contributed by atoms with E-state index < -0.39 is 34.2 Å². The Morgan fingerprint density at radius 1 is 1.22 bits per heavy atom. The van der Waals surface area contributed by atoms with Crippen LogP contribution in [0.25, 0.3) is 0 Å². The van der Waals surface area contributed by atoms with E-state index in [0.29, 0.717) is 6.42 Å². The zero-order valence-corrected chi connectivity index (χ0v) is 10.6. The predicted molar refractivity (Wildman–Crippen MR) is 60.8 cm³/mol. The number of carboxylic acids is 2. The molecule has 0 aromatic heterocycles. The number of carboxylic acid groups (broad SMARTS) is 2. The molecule has 1 saturated carbocycles. The lowest BCUT2D eigenvalue weighted by molar-refractivity contribution is -0.179. The first-order valence-corrected chi connectivity index (χ1v) is 5.88. The lowest BCUT2D eigenvalue weighted by atomic mass is 9.53. The molecule has 1 saturated heterocycles. The minimum Gasteiger partial charge on any atom is -0.481 e. The molecule has 2 aliphatic rings. The molecule has 0 spiro atoms.